The number of nitrogens with one attached hydrogen (secondary N) is 1. The van der Waals surface area contributed by atoms with E-state index in [0.717, 1.165) is 37.7 Å². The van der Waals surface area contributed by atoms with Crippen molar-refractivity contribution >= 4 is 11.7 Å². The van der Waals surface area contributed by atoms with Gasteiger partial charge in [-0.25, -0.2) is 9.97 Å². The second-order valence-corrected chi connectivity index (χ2v) is 8.00. The molecule has 7 nitrogen and oxygen atoms in total. The van der Waals surface area contributed by atoms with Crippen LogP contribution in [0.25, 0.3) is 0 Å². The summed E-state index contributed by atoms with van der Waals surface area (Å²) in [6.45, 7) is 5.48. The standard InChI is InChI=1S/C19H24N6O/c1-12-5-17(23-22-12)19(26)25-9-14-7-24(8-15(14)10-25)18-6-16(20-11-21-18)13-3-2-4-13/h5-6,11,13-15H,2-4,7-10H2,1H3,(H,22,23). The van der Waals surface area contributed by atoms with Gasteiger partial charge in [0, 0.05) is 61.4 Å². The van der Waals surface area contributed by atoms with Crippen molar-refractivity contribution in [3.05, 3.63) is 35.5 Å². The van der Waals surface area contributed by atoms with Crippen LogP contribution in [0.1, 0.15) is 47.1 Å². The Morgan fingerprint density at radius 3 is 2.50 bits per heavy atom. The largest absolute Gasteiger partial charge is 0.356 e. The van der Waals surface area contributed by atoms with Gasteiger partial charge in [0.15, 0.2) is 0 Å². The average Bonchev–Trinajstić information content (AvgIpc) is 3.27. The molecular weight excluding hydrogens is 328 g/mol. The van der Waals surface area contributed by atoms with Gasteiger partial charge in [-0.1, -0.05) is 6.42 Å². The fourth-order valence-corrected chi connectivity index (χ4v) is 4.50. The Kier molecular flexibility index (Phi) is 3.69. The Balaban J connectivity index is 1.25. The Hall–Kier alpha value is -2.44. The van der Waals surface area contributed by atoms with Crippen molar-refractivity contribution in [2.75, 3.05) is 31.1 Å². The fraction of sp³-hybridized carbons (Fsp3) is 0.579. The molecule has 1 amide bonds. The molecule has 7 heteroatoms. The van der Waals surface area contributed by atoms with Gasteiger partial charge in [0.1, 0.15) is 17.8 Å². The minimum atomic E-state index is 0.0459. The molecular formula is C19H24N6O. The summed E-state index contributed by atoms with van der Waals surface area (Å²) in [5.74, 6) is 2.76. The molecule has 1 N–H and O–H groups in total. The zero-order valence-corrected chi connectivity index (χ0v) is 15.1. The highest BCUT2D eigenvalue weighted by molar-refractivity contribution is 5.92. The van der Waals surface area contributed by atoms with Crippen LogP contribution >= 0.6 is 0 Å². The summed E-state index contributed by atoms with van der Waals surface area (Å²) in [5, 5.41) is 6.97. The lowest BCUT2D eigenvalue weighted by Crippen LogP contribution is -2.33. The molecule has 2 aliphatic heterocycles. The van der Waals surface area contributed by atoms with Crippen LogP contribution in [0.4, 0.5) is 5.82 Å². The molecule has 5 rings (SSSR count). The third-order valence-corrected chi connectivity index (χ3v) is 6.22. The van der Waals surface area contributed by atoms with Crippen molar-refractivity contribution < 1.29 is 4.79 Å². The Morgan fingerprint density at radius 1 is 1.12 bits per heavy atom. The number of aromatic amines is 1. The average molecular weight is 352 g/mol. The number of carbonyl (C=O) groups excluding carboxylic acids is 1. The van der Waals surface area contributed by atoms with Crippen molar-refractivity contribution in [2.24, 2.45) is 11.8 Å². The predicted molar refractivity (Wildman–Crippen MR) is 97.0 cm³/mol. The van der Waals surface area contributed by atoms with Gasteiger partial charge < -0.3 is 9.80 Å². The van der Waals surface area contributed by atoms with E-state index in [2.05, 4.69) is 31.1 Å². The number of anilines is 1. The Morgan fingerprint density at radius 2 is 1.88 bits per heavy atom. The maximum atomic E-state index is 12.6. The number of rotatable bonds is 3. The van der Waals surface area contributed by atoms with Gasteiger partial charge >= 0.3 is 0 Å². The van der Waals surface area contributed by atoms with Crippen LogP contribution in [0.2, 0.25) is 0 Å². The second-order valence-electron chi connectivity index (χ2n) is 8.00. The van der Waals surface area contributed by atoms with E-state index >= 15 is 0 Å². The van der Waals surface area contributed by atoms with Crippen LogP contribution in [0.3, 0.4) is 0 Å². The summed E-state index contributed by atoms with van der Waals surface area (Å²) in [5.41, 5.74) is 2.65. The number of carbonyl (C=O) groups is 1. The molecule has 0 radical (unpaired) electrons. The van der Waals surface area contributed by atoms with Crippen LogP contribution in [0.5, 0.6) is 0 Å². The van der Waals surface area contributed by atoms with Gasteiger partial charge in [0.05, 0.1) is 0 Å². The summed E-state index contributed by atoms with van der Waals surface area (Å²) < 4.78 is 0. The number of H-pyrrole nitrogens is 1. The van der Waals surface area contributed by atoms with Gasteiger partial charge in [-0.05, 0) is 25.8 Å². The number of fused-ring (bicyclic) bond motifs is 1. The van der Waals surface area contributed by atoms with Crippen molar-refractivity contribution in [1.82, 2.24) is 25.1 Å². The fourth-order valence-electron chi connectivity index (χ4n) is 4.50. The number of hydrogen-bond acceptors (Lipinski definition) is 5. The van der Waals surface area contributed by atoms with E-state index in [-0.39, 0.29) is 5.91 Å². The lowest BCUT2D eigenvalue weighted by molar-refractivity contribution is 0.0776. The first-order valence-electron chi connectivity index (χ1n) is 9.55. The lowest BCUT2D eigenvalue weighted by Gasteiger charge is -2.26. The molecule has 2 saturated heterocycles. The molecule has 2 aromatic rings. The van der Waals surface area contributed by atoms with E-state index in [1.807, 2.05) is 17.9 Å². The number of nitrogens with zero attached hydrogens (tertiary/aromatic N) is 5. The number of hydrogen-bond donors (Lipinski definition) is 1. The first-order valence-corrected chi connectivity index (χ1v) is 9.55. The van der Waals surface area contributed by atoms with E-state index in [1.165, 1.54) is 25.0 Å². The summed E-state index contributed by atoms with van der Waals surface area (Å²) in [4.78, 5) is 25.9. The SMILES string of the molecule is Cc1cc(C(=O)N2CC3CN(c4cc(C5CCC5)ncn4)CC3C2)n[nH]1. The summed E-state index contributed by atoms with van der Waals surface area (Å²) >= 11 is 0. The molecule has 2 aromatic heterocycles. The molecule has 1 aliphatic carbocycles. The number of amides is 1. The summed E-state index contributed by atoms with van der Waals surface area (Å²) in [6.07, 6.45) is 5.54. The number of aromatic nitrogens is 4. The topological polar surface area (TPSA) is 78.0 Å². The molecule has 26 heavy (non-hydrogen) atoms. The number of likely N-dealkylation sites (tertiary alicyclic amines) is 1. The summed E-state index contributed by atoms with van der Waals surface area (Å²) in [6, 6.07) is 4.01. The highest BCUT2D eigenvalue weighted by atomic mass is 16.2. The molecule has 3 aliphatic rings. The molecule has 136 valence electrons. The molecule has 1 saturated carbocycles. The van der Waals surface area contributed by atoms with Crippen LogP contribution < -0.4 is 4.90 Å². The van der Waals surface area contributed by atoms with E-state index in [1.54, 1.807) is 6.33 Å². The van der Waals surface area contributed by atoms with E-state index < -0.39 is 0 Å². The molecule has 4 heterocycles. The Labute approximate surface area is 152 Å². The number of aryl methyl sites for hydroxylation is 1. The predicted octanol–water partition coefficient (Wildman–Crippen LogP) is 1.98. The zero-order chi connectivity index (χ0) is 17.7. The molecule has 2 atom stereocenters. The zero-order valence-electron chi connectivity index (χ0n) is 15.1. The van der Waals surface area contributed by atoms with E-state index in [0.29, 0.717) is 23.4 Å². The third-order valence-electron chi connectivity index (χ3n) is 6.22. The van der Waals surface area contributed by atoms with E-state index in [4.69, 9.17) is 0 Å². The highest BCUT2D eigenvalue weighted by Gasteiger charge is 2.42. The quantitative estimate of drug-likeness (QED) is 0.914. The molecule has 0 bridgehead atoms. The normalized spacial score (nSPS) is 25.4. The maximum absolute atomic E-state index is 12.6. The van der Waals surface area contributed by atoms with Gasteiger partial charge in [-0.15, -0.1) is 0 Å². The van der Waals surface area contributed by atoms with Gasteiger partial charge in [-0.2, -0.15) is 5.10 Å². The van der Waals surface area contributed by atoms with Crippen LogP contribution in [0, 0.1) is 18.8 Å². The van der Waals surface area contributed by atoms with Gasteiger partial charge in [-0.3, -0.25) is 9.89 Å². The molecule has 3 fully saturated rings. The van der Waals surface area contributed by atoms with Crippen LogP contribution in [-0.4, -0.2) is 57.2 Å². The maximum Gasteiger partial charge on any atom is 0.274 e. The molecule has 0 spiro atoms. The minimum Gasteiger partial charge on any atom is -0.356 e. The van der Waals surface area contributed by atoms with E-state index in [9.17, 15) is 4.79 Å². The second kappa shape index (κ2) is 6.07. The molecule has 0 aromatic carbocycles. The highest BCUT2D eigenvalue weighted by Crippen LogP contribution is 2.38. The Bertz CT molecular complexity index is 815. The van der Waals surface area contributed by atoms with Crippen molar-refractivity contribution in [2.45, 2.75) is 32.1 Å². The monoisotopic (exact) mass is 352 g/mol. The first kappa shape index (κ1) is 15.8. The first-order chi connectivity index (χ1) is 12.7. The van der Waals surface area contributed by atoms with Gasteiger partial charge in [0.25, 0.3) is 5.91 Å². The third kappa shape index (κ3) is 2.66. The molecule has 2 unspecified atom stereocenters. The minimum absolute atomic E-state index is 0.0459. The summed E-state index contributed by atoms with van der Waals surface area (Å²) in [7, 11) is 0. The van der Waals surface area contributed by atoms with Crippen molar-refractivity contribution in [3.63, 3.8) is 0 Å². The van der Waals surface area contributed by atoms with Crippen LogP contribution in [-0.2, 0) is 0 Å². The smallest absolute Gasteiger partial charge is 0.274 e. The van der Waals surface area contributed by atoms with Gasteiger partial charge in [0.2, 0.25) is 0 Å². The van der Waals surface area contributed by atoms with Crippen molar-refractivity contribution in [3.8, 4) is 0 Å². The van der Waals surface area contributed by atoms with Crippen molar-refractivity contribution in [1.29, 1.82) is 0 Å². The van der Waals surface area contributed by atoms with Crippen LogP contribution in [0.15, 0.2) is 18.5 Å². The lowest BCUT2D eigenvalue weighted by atomic mass is 9.83.